The molecule has 3 rings (SSSR count). The van der Waals surface area contributed by atoms with Crippen molar-refractivity contribution < 1.29 is 9.90 Å². The molecular formula is C14H12N2O2S. The highest BCUT2D eigenvalue weighted by molar-refractivity contribution is 7.09. The first kappa shape index (κ1) is 11.9. The molecule has 19 heavy (non-hydrogen) atoms. The highest BCUT2D eigenvalue weighted by Gasteiger charge is 2.08. The van der Waals surface area contributed by atoms with Gasteiger partial charge in [0.05, 0.1) is 22.9 Å². The average molecular weight is 272 g/mol. The molecule has 0 saturated carbocycles. The highest BCUT2D eigenvalue weighted by Crippen LogP contribution is 2.17. The Morgan fingerprint density at radius 2 is 2.26 bits per heavy atom. The summed E-state index contributed by atoms with van der Waals surface area (Å²) in [5.41, 5.74) is 2.00. The number of carbonyl (C=O) groups is 1. The fourth-order valence-electron chi connectivity index (χ4n) is 2.05. The monoisotopic (exact) mass is 272 g/mol. The molecule has 0 aliphatic carbocycles. The standard InChI is InChI=1S/C14H12N2O2S/c17-14(18)10-3-4-12-13(8-10)16(9-15-12)6-5-11-2-1-7-19-11/h1-4,7-9H,5-6H2,(H,17,18). The molecular weight excluding hydrogens is 260 g/mol. The van der Waals surface area contributed by atoms with Gasteiger partial charge < -0.3 is 9.67 Å². The van der Waals surface area contributed by atoms with E-state index in [0.717, 1.165) is 24.0 Å². The van der Waals surface area contributed by atoms with E-state index in [9.17, 15) is 4.79 Å². The lowest BCUT2D eigenvalue weighted by Gasteiger charge is -2.03. The molecule has 0 amide bonds. The number of hydrogen-bond donors (Lipinski definition) is 1. The number of hydrogen-bond acceptors (Lipinski definition) is 3. The van der Waals surface area contributed by atoms with Gasteiger partial charge in [-0.2, -0.15) is 0 Å². The molecule has 2 aromatic heterocycles. The first-order valence-electron chi connectivity index (χ1n) is 5.94. The second-order valence-corrected chi connectivity index (χ2v) is 5.31. The fourth-order valence-corrected chi connectivity index (χ4v) is 2.75. The molecule has 5 heteroatoms. The number of imidazole rings is 1. The maximum absolute atomic E-state index is 11.0. The van der Waals surface area contributed by atoms with Gasteiger partial charge in [0.2, 0.25) is 0 Å². The van der Waals surface area contributed by atoms with E-state index < -0.39 is 5.97 Å². The maximum Gasteiger partial charge on any atom is 0.335 e. The molecule has 0 aliphatic heterocycles. The Labute approximate surface area is 113 Å². The summed E-state index contributed by atoms with van der Waals surface area (Å²) in [6.07, 6.45) is 2.70. The van der Waals surface area contributed by atoms with Crippen LogP contribution >= 0.6 is 11.3 Å². The number of aryl methyl sites for hydroxylation is 2. The Hall–Kier alpha value is -2.14. The number of carboxylic acid groups (broad SMARTS) is 1. The Bertz CT molecular complexity index is 716. The van der Waals surface area contributed by atoms with Crippen molar-refractivity contribution in [1.29, 1.82) is 0 Å². The molecule has 0 unspecified atom stereocenters. The van der Waals surface area contributed by atoms with Gasteiger partial charge in [0.1, 0.15) is 0 Å². The summed E-state index contributed by atoms with van der Waals surface area (Å²) >= 11 is 1.73. The number of nitrogens with zero attached hydrogens (tertiary/aromatic N) is 2. The fraction of sp³-hybridized carbons (Fsp3) is 0.143. The van der Waals surface area contributed by atoms with Crippen LogP contribution in [0.3, 0.4) is 0 Å². The summed E-state index contributed by atoms with van der Waals surface area (Å²) in [5.74, 6) is -0.909. The van der Waals surface area contributed by atoms with E-state index in [1.807, 2.05) is 10.6 Å². The molecule has 0 atom stereocenters. The topological polar surface area (TPSA) is 55.1 Å². The van der Waals surface area contributed by atoms with Crippen molar-refractivity contribution in [2.24, 2.45) is 0 Å². The van der Waals surface area contributed by atoms with Gasteiger partial charge in [-0.15, -0.1) is 11.3 Å². The van der Waals surface area contributed by atoms with Gasteiger partial charge in [-0.3, -0.25) is 0 Å². The van der Waals surface area contributed by atoms with Gasteiger partial charge in [-0.25, -0.2) is 9.78 Å². The van der Waals surface area contributed by atoms with Crippen molar-refractivity contribution >= 4 is 28.3 Å². The maximum atomic E-state index is 11.0. The zero-order chi connectivity index (χ0) is 13.2. The number of thiophene rings is 1. The van der Waals surface area contributed by atoms with E-state index in [-0.39, 0.29) is 0 Å². The van der Waals surface area contributed by atoms with E-state index in [1.165, 1.54) is 4.88 Å². The summed E-state index contributed by atoms with van der Waals surface area (Å²) in [6, 6.07) is 9.15. The summed E-state index contributed by atoms with van der Waals surface area (Å²) in [7, 11) is 0. The van der Waals surface area contributed by atoms with Crippen LogP contribution in [-0.2, 0) is 13.0 Å². The van der Waals surface area contributed by atoms with E-state index in [2.05, 4.69) is 16.4 Å². The largest absolute Gasteiger partial charge is 0.478 e. The zero-order valence-corrected chi connectivity index (χ0v) is 10.9. The van der Waals surface area contributed by atoms with Gasteiger partial charge in [-0.05, 0) is 36.1 Å². The number of carboxylic acids is 1. The van der Waals surface area contributed by atoms with E-state index >= 15 is 0 Å². The first-order valence-corrected chi connectivity index (χ1v) is 6.82. The van der Waals surface area contributed by atoms with Crippen molar-refractivity contribution in [3.05, 3.63) is 52.5 Å². The average Bonchev–Trinajstić information content (AvgIpc) is 3.05. The van der Waals surface area contributed by atoms with Crippen LogP contribution in [0, 0.1) is 0 Å². The molecule has 0 aliphatic rings. The molecule has 0 fully saturated rings. The third-order valence-electron chi connectivity index (χ3n) is 3.05. The molecule has 4 nitrogen and oxygen atoms in total. The van der Waals surface area contributed by atoms with Crippen LogP contribution in [0.15, 0.2) is 42.0 Å². The highest BCUT2D eigenvalue weighted by atomic mass is 32.1. The molecule has 0 spiro atoms. The molecule has 0 bridgehead atoms. The van der Waals surface area contributed by atoms with Crippen molar-refractivity contribution in [1.82, 2.24) is 9.55 Å². The third-order valence-corrected chi connectivity index (χ3v) is 3.98. The number of rotatable bonds is 4. The van der Waals surface area contributed by atoms with Crippen molar-refractivity contribution in [3.63, 3.8) is 0 Å². The minimum atomic E-state index is -0.909. The van der Waals surface area contributed by atoms with Crippen LogP contribution in [0.1, 0.15) is 15.2 Å². The molecule has 0 radical (unpaired) electrons. The van der Waals surface area contributed by atoms with Gasteiger partial charge in [0.15, 0.2) is 0 Å². The van der Waals surface area contributed by atoms with Crippen molar-refractivity contribution in [2.45, 2.75) is 13.0 Å². The molecule has 2 heterocycles. The van der Waals surface area contributed by atoms with Crippen LogP contribution in [-0.4, -0.2) is 20.6 Å². The van der Waals surface area contributed by atoms with Crippen molar-refractivity contribution in [3.8, 4) is 0 Å². The number of benzene rings is 1. The SMILES string of the molecule is O=C(O)c1ccc2ncn(CCc3cccs3)c2c1. The summed E-state index contributed by atoms with van der Waals surface area (Å²) < 4.78 is 2.00. The summed E-state index contributed by atoms with van der Waals surface area (Å²) in [5, 5.41) is 11.1. The van der Waals surface area contributed by atoms with E-state index in [4.69, 9.17) is 5.11 Å². The smallest absolute Gasteiger partial charge is 0.335 e. The van der Waals surface area contributed by atoms with Gasteiger partial charge in [0.25, 0.3) is 0 Å². The minimum absolute atomic E-state index is 0.297. The number of fused-ring (bicyclic) bond motifs is 1. The quantitative estimate of drug-likeness (QED) is 0.794. The third kappa shape index (κ3) is 2.37. The van der Waals surface area contributed by atoms with Crippen LogP contribution in [0.4, 0.5) is 0 Å². The second-order valence-electron chi connectivity index (χ2n) is 4.28. The van der Waals surface area contributed by atoms with Crippen LogP contribution in [0.2, 0.25) is 0 Å². The van der Waals surface area contributed by atoms with Crippen LogP contribution < -0.4 is 0 Å². The van der Waals surface area contributed by atoms with Gasteiger partial charge >= 0.3 is 5.97 Å². The molecule has 3 aromatic rings. The Morgan fingerprint density at radius 3 is 3.00 bits per heavy atom. The van der Waals surface area contributed by atoms with Crippen molar-refractivity contribution in [2.75, 3.05) is 0 Å². The number of aromatic nitrogens is 2. The summed E-state index contributed by atoms with van der Waals surface area (Å²) in [6.45, 7) is 0.806. The first-order chi connectivity index (χ1) is 9.24. The van der Waals surface area contributed by atoms with E-state index in [1.54, 1.807) is 35.9 Å². The van der Waals surface area contributed by atoms with Gasteiger partial charge in [-0.1, -0.05) is 6.07 Å². The lowest BCUT2D eigenvalue weighted by molar-refractivity contribution is 0.0697. The normalized spacial score (nSPS) is 10.9. The van der Waals surface area contributed by atoms with Crippen LogP contribution in [0.5, 0.6) is 0 Å². The second kappa shape index (κ2) is 4.85. The lowest BCUT2D eigenvalue weighted by Crippen LogP contribution is -2.00. The Kier molecular flexibility index (Phi) is 3.05. The molecule has 96 valence electrons. The predicted molar refractivity (Wildman–Crippen MR) is 74.7 cm³/mol. The van der Waals surface area contributed by atoms with Gasteiger partial charge in [0, 0.05) is 11.4 Å². The minimum Gasteiger partial charge on any atom is -0.478 e. The Morgan fingerprint density at radius 1 is 1.37 bits per heavy atom. The zero-order valence-electron chi connectivity index (χ0n) is 10.1. The number of aromatic carboxylic acids is 1. The predicted octanol–water partition coefficient (Wildman–Crippen LogP) is 3.04. The Balaban J connectivity index is 1.90. The summed E-state index contributed by atoms with van der Waals surface area (Å²) in [4.78, 5) is 16.6. The molecule has 0 saturated heterocycles. The molecule has 1 N–H and O–H groups in total. The van der Waals surface area contributed by atoms with Crippen LogP contribution in [0.25, 0.3) is 11.0 Å². The van der Waals surface area contributed by atoms with E-state index in [0.29, 0.717) is 5.56 Å². The molecule has 1 aromatic carbocycles. The lowest BCUT2D eigenvalue weighted by atomic mass is 10.2.